The molecule has 1 aromatic rings. The Bertz CT molecular complexity index is 451. The summed E-state index contributed by atoms with van der Waals surface area (Å²) in [5, 5.41) is 12.8. The van der Waals surface area contributed by atoms with Crippen LogP contribution >= 0.6 is 0 Å². The molecule has 1 unspecified atom stereocenters. The van der Waals surface area contributed by atoms with Gasteiger partial charge in [0.05, 0.1) is 6.10 Å². The van der Waals surface area contributed by atoms with Gasteiger partial charge >= 0.3 is 0 Å². The number of benzene rings is 1. The Morgan fingerprint density at radius 3 is 2.40 bits per heavy atom. The maximum atomic E-state index is 12.6. The molecular formula is C16H22N2O2. The number of aliphatic hydroxyl groups is 1. The number of aliphatic hydroxyl groups excluding tert-OH is 1. The third-order valence-electron chi connectivity index (χ3n) is 4.15. The van der Waals surface area contributed by atoms with Crippen LogP contribution in [0.4, 0.5) is 0 Å². The average molecular weight is 274 g/mol. The minimum absolute atomic E-state index is 0.107. The van der Waals surface area contributed by atoms with Gasteiger partial charge in [-0.3, -0.25) is 9.69 Å². The van der Waals surface area contributed by atoms with E-state index in [4.69, 9.17) is 0 Å². The van der Waals surface area contributed by atoms with E-state index in [1.165, 1.54) is 0 Å². The molecule has 108 valence electrons. The van der Waals surface area contributed by atoms with Crippen molar-refractivity contribution in [2.24, 2.45) is 0 Å². The van der Waals surface area contributed by atoms with Crippen molar-refractivity contribution in [1.29, 1.82) is 0 Å². The van der Waals surface area contributed by atoms with Crippen LogP contribution in [-0.2, 0) is 4.79 Å². The van der Waals surface area contributed by atoms with E-state index in [0.717, 1.165) is 44.3 Å². The molecule has 1 aliphatic carbocycles. The van der Waals surface area contributed by atoms with Gasteiger partial charge in [-0.1, -0.05) is 30.3 Å². The first kappa shape index (κ1) is 13.6. The highest BCUT2D eigenvalue weighted by atomic mass is 16.3. The van der Waals surface area contributed by atoms with Gasteiger partial charge in [0.1, 0.15) is 6.04 Å². The van der Waals surface area contributed by atoms with E-state index >= 15 is 0 Å². The topological polar surface area (TPSA) is 52.6 Å². The SMILES string of the molecule is O=C(NC1CC1)C(c1ccccc1)N1CCC(O)CC1. The Hall–Kier alpha value is -1.39. The van der Waals surface area contributed by atoms with Crippen LogP contribution in [0.1, 0.15) is 37.3 Å². The van der Waals surface area contributed by atoms with Crippen LogP contribution in [0.15, 0.2) is 30.3 Å². The highest BCUT2D eigenvalue weighted by Gasteiger charge is 2.33. The highest BCUT2D eigenvalue weighted by Crippen LogP contribution is 2.27. The summed E-state index contributed by atoms with van der Waals surface area (Å²) >= 11 is 0. The number of amides is 1. The second-order valence-electron chi connectivity index (χ2n) is 5.86. The first-order valence-electron chi connectivity index (χ1n) is 7.51. The maximum absolute atomic E-state index is 12.6. The Morgan fingerprint density at radius 2 is 1.80 bits per heavy atom. The lowest BCUT2D eigenvalue weighted by Crippen LogP contribution is -2.45. The van der Waals surface area contributed by atoms with E-state index in [1.54, 1.807) is 0 Å². The van der Waals surface area contributed by atoms with Crippen molar-refractivity contribution in [2.45, 2.75) is 43.9 Å². The summed E-state index contributed by atoms with van der Waals surface area (Å²) in [5.41, 5.74) is 1.04. The normalized spacial score (nSPS) is 22.4. The smallest absolute Gasteiger partial charge is 0.242 e. The quantitative estimate of drug-likeness (QED) is 0.874. The predicted octanol–water partition coefficient (Wildman–Crippen LogP) is 1.46. The van der Waals surface area contributed by atoms with Crippen molar-refractivity contribution in [3.05, 3.63) is 35.9 Å². The molecule has 1 amide bonds. The minimum atomic E-state index is -0.218. The van der Waals surface area contributed by atoms with Gasteiger partial charge < -0.3 is 10.4 Å². The molecule has 1 aromatic carbocycles. The standard InChI is InChI=1S/C16H22N2O2/c19-14-8-10-18(11-9-14)15(12-4-2-1-3-5-12)16(20)17-13-6-7-13/h1-5,13-15,19H,6-11H2,(H,17,20). The van der Waals surface area contributed by atoms with Crippen LogP contribution in [0.25, 0.3) is 0 Å². The van der Waals surface area contributed by atoms with Crippen molar-refractivity contribution in [3.8, 4) is 0 Å². The van der Waals surface area contributed by atoms with Crippen LogP contribution < -0.4 is 5.32 Å². The van der Waals surface area contributed by atoms with Crippen molar-refractivity contribution in [3.63, 3.8) is 0 Å². The number of nitrogens with one attached hydrogen (secondary N) is 1. The number of carbonyl (C=O) groups is 1. The van der Waals surface area contributed by atoms with Crippen molar-refractivity contribution < 1.29 is 9.90 Å². The number of rotatable bonds is 4. The zero-order valence-electron chi connectivity index (χ0n) is 11.7. The van der Waals surface area contributed by atoms with E-state index in [0.29, 0.717) is 6.04 Å². The molecule has 1 atom stereocenters. The fourth-order valence-electron chi connectivity index (χ4n) is 2.82. The summed E-state index contributed by atoms with van der Waals surface area (Å²) in [6, 6.07) is 10.1. The van der Waals surface area contributed by atoms with Gasteiger partial charge in [-0.15, -0.1) is 0 Å². The first-order valence-corrected chi connectivity index (χ1v) is 7.51. The number of likely N-dealkylation sites (tertiary alicyclic amines) is 1. The monoisotopic (exact) mass is 274 g/mol. The number of carbonyl (C=O) groups excluding carboxylic acids is 1. The number of nitrogens with zero attached hydrogens (tertiary/aromatic N) is 1. The third-order valence-corrected chi connectivity index (χ3v) is 4.15. The molecule has 0 bridgehead atoms. The minimum Gasteiger partial charge on any atom is -0.393 e. The van der Waals surface area contributed by atoms with Crippen LogP contribution in [0.5, 0.6) is 0 Å². The van der Waals surface area contributed by atoms with Crippen molar-refractivity contribution in [1.82, 2.24) is 10.2 Å². The van der Waals surface area contributed by atoms with Gasteiger partial charge in [-0.05, 0) is 31.2 Å². The lowest BCUT2D eigenvalue weighted by Gasteiger charge is -2.35. The van der Waals surface area contributed by atoms with Crippen LogP contribution in [0.2, 0.25) is 0 Å². The van der Waals surface area contributed by atoms with E-state index in [1.807, 2.05) is 30.3 Å². The largest absolute Gasteiger partial charge is 0.393 e. The molecule has 4 nitrogen and oxygen atoms in total. The molecule has 3 rings (SSSR count). The molecule has 1 aliphatic heterocycles. The van der Waals surface area contributed by atoms with E-state index in [-0.39, 0.29) is 18.1 Å². The lowest BCUT2D eigenvalue weighted by molar-refractivity contribution is -0.127. The first-order chi connectivity index (χ1) is 9.74. The highest BCUT2D eigenvalue weighted by molar-refractivity contribution is 5.83. The molecule has 20 heavy (non-hydrogen) atoms. The molecule has 2 aliphatic rings. The van der Waals surface area contributed by atoms with Crippen LogP contribution in [0.3, 0.4) is 0 Å². The third kappa shape index (κ3) is 3.19. The molecule has 1 saturated heterocycles. The molecule has 2 fully saturated rings. The second-order valence-corrected chi connectivity index (χ2v) is 5.86. The summed E-state index contributed by atoms with van der Waals surface area (Å²) in [5.74, 6) is 0.107. The summed E-state index contributed by atoms with van der Waals surface area (Å²) in [6.07, 6.45) is 3.49. The van der Waals surface area contributed by atoms with Crippen LogP contribution in [-0.4, -0.2) is 41.1 Å². The number of hydrogen-bond acceptors (Lipinski definition) is 3. The molecular weight excluding hydrogens is 252 g/mol. The summed E-state index contributed by atoms with van der Waals surface area (Å²) < 4.78 is 0. The molecule has 0 spiro atoms. The molecule has 4 heteroatoms. The predicted molar refractivity (Wildman–Crippen MR) is 77.2 cm³/mol. The average Bonchev–Trinajstić information content (AvgIpc) is 3.26. The fourth-order valence-corrected chi connectivity index (χ4v) is 2.82. The Labute approximate surface area is 119 Å². The number of hydrogen-bond donors (Lipinski definition) is 2. The zero-order valence-corrected chi connectivity index (χ0v) is 11.7. The fraction of sp³-hybridized carbons (Fsp3) is 0.562. The van der Waals surface area contributed by atoms with E-state index < -0.39 is 0 Å². The maximum Gasteiger partial charge on any atom is 0.242 e. The van der Waals surface area contributed by atoms with Gasteiger partial charge in [0.15, 0.2) is 0 Å². The van der Waals surface area contributed by atoms with E-state index in [2.05, 4.69) is 10.2 Å². The van der Waals surface area contributed by atoms with Crippen molar-refractivity contribution >= 4 is 5.91 Å². The molecule has 0 aromatic heterocycles. The second kappa shape index (κ2) is 5.94. The summed E-state index contributed by atoms with van der Waals surface area (Å²) in [7, 11) is 0. The van der Waals surface area contributed by atoms with Gasteiger partial charge in [-0.2, -0.15) is 0 Å². The lowest BCUT2D eigenvalue weighted by atomic mass is 10.00. The summed E-state index contributed by atoms with van der Waals surface area (Å²) in [6.45, 7) is 1.55. The molecule has 0 radical (unpaired) electrons. The van der Waals surface area contributed by atoms with Crippen LogP contribution in [0, 0.1) is 0 Å². The van der Waals surface area contributed by atoms with Gasteiger partial charge in [-0.25, -0.2) is 0 Å². The number of piperidine rings is 1. The molecule has 1 saturated carbocycles. The Balaban J connectivity index is 1.77. The molecule has 2 N–H and O–H groups in total. The summed E-state index contributed by atoms with van der Waals surface area (Å²) in [4.78, 5) is 14.8. The van der Waals surface area contributed by atoms with Gasteiger partial charge in [0.2, 0.25) is 5.91 Å². The van der Waals surface area contributed by atoms with Crippen molar-refractivity contribution in [2.75, 3.05) is 13.1 Å². The van der Waals surface area contributed by atoms with Gasteiger partial charge in [0.25, 0.3) is 0 Å². The Morgan fingerprint density at radius 1 is 1.15 bits per heavy atom. The zero-order chi connectivity index (χ0) is 13.9. The Kier molecular flexibility index (Phi) is 4.03. The van der Waals surface area contributed by atoms with Gasteiger partial charge in [0, 0.05) is 19.1 Å². The van der Waals surface area contributed by atoms with E-state index in [9.17, 15) is 9.90 Å². The molecule has 1 heterocycles.